The van der Waals surface area contributed by atoms with E-state index in [0.29, 0.717) is 5.92 Å². The molecule has 1 aromatic rings. The molecule has 2 aliphatic rings. The second-order valence-electron chi connectivity index (χ2n) is 5.55. The Bertz CT molecular complexity index is 409. The first-order chi connectivity index (χ1) is 8.29. The number of fused-ring (bicyclic) bond motifs is 1. The van der Waals surface area contributed by atoms with Gasteiger partial charge in [0, 0.05) is 18.3 Å². The van der Waals surface area contributed by atoms with Gasteiger partial charge >= 0.3 is 0 Å². The topological polar surface area (TPSA) is 29.3 Å². The number of nitrogens with two attached hydrogens (primary N) is 1. The lowest BCUT2D eigenvalue weighted by Gasteiger charge is -2.36. The van der Waals surface area contributed by atoms with E-state index in [2.05, 4.69) is 30.0 Å². The molecule has 2 N–H and O–H groups in total. The van der Waals surface area contributed by atoms with Crippen LogP contribution in [0.1, 0.15) is 43.2 Å². The molecule has 2 heteroatoms. The third kappa shape index (κ3) is 1.85. The van der Waals surface area contributed by atoms with Crippen molar-refractivity contribution < 1.29 is 0 Å². The van der Waals surface area contributed by atoms with Crippen LogP contribution in [0.5, 0.6) is 0 Å². The second kappa shape index (κ2) is 4.34. The Hall–Kier alpha value is -1.02. The van der Waals surface area contributed by atoms with Gasteiger partial charge in [0.15, 0.2) is 0 Å². The molecule has 92 valence electrons. The van der Waals surface area contributed by atoms with E-state index < -0.39 is 0 Å². The molecule has 1 atom stereocenters. The van der Waals surface area contributed by atoms with Gasteiger partial charge in [-0.2, -0.15) is 0 Å². The fourth-order valence-corrected chi connectivity index (χ4v) is 2.97. The van der Waals surface area contributed by atoms with Crippen LogP contribution in [0, 0.1) is 0 Å². The molecule has 0 radical (unpaired) electrons. The van der Waals surface area contributed by atoms with Crippen molar-refractivity contribution in [1.82, 2.24) is 0 Å². The van der Waals surface area contributed by atoms with E-state index in [1.807, 2.05) is 0 Å². The molecule has 1 fully saturated rings. The summed E-state index contributed by atoms with van der Waals surface area (Å²) >= 11 is 0. The molecule has 0 aromatic heterocycles. The minimum Gasteiger partial charge on any atom is -0.368 e. The van der Waals surface area contributed by atoms with Gasteiger partial charge in [-0.25, -0.2) is 0 Å². The second-order valence-corrected chi connectivity index (χ2v) is 5.55. The quantitative estimate of drug-likeness (QED) is 0.865. The average molecular weight is 230 g/mol. The van der Waals surface area contributed by atoms with E-state index in [-0.39, 0.29) is 0 Å². The fourth-order valence-electron chi connectivity index (χ4n) is 2.97. The molecule has 3 rings (SSSR count). The molecule has 0 bridgehead atoms. The highest BCUT2D eigenvalue weighted by atomic mass is 15.2. The van der Waals surface area contributed by atoms with Crippen molar-refractivity contribution >= 4 is 5.69 Å². The Labute approximate surface area is 104 Å². The van der Waals surface area contributed by atoms with Gasteiger partial charge in [0.25, 0.3) is 0 Å². The number of hydrogen-bond donors (Lipinski definition) is 1. The first-order valence-corrected chi connectivity index (χ1v) is 6.89. The molecular weight excluding hydrogens is 208 g/mol. The number of nitrogens with zero attached hydrogens (tertiary/aromatic N) is 1. The van der Waals surface area contributed by atoms with Crippen molar-refractivity contribution in [2.45, 2.75) is 44.6 Å². The van der Waals surface area contributed by atoms with Crippen molar-refractivity contribution in [3.05, 3.63) is 29.3 Å². The zero-order valence-corrected chi connectivity index (χ0v) is 10.7. The van der Waals surface area contributed by atoms with E-state index in [0.717, 1.165) is 12.6 Å². The predicted octanol–water partition coefficient (Wildman–Crippen LogP) is 2.66. The number of hydrogen-bond acceptors (Lipinski definition) is 2. The lowest BCUT2D eigenvalue weighted by molar-refractivity contribution is 0.392. The summed E-state index contributed by atoms with van der Waals surface area (Å²) in [5, 5.41) is 0. The SMILES string of the molecule is CC(CN)c1ccc2c(c1)CCN2C1CCC1. The van der Waals surface area contributed by atoms with Crippen LogP contribution in [-0.2, 0) is 6.42 Å². The van der Waals surface area contributed by atoms with Gasteiger partial charge in [-0.05, 0) is 55.3 Å². The van der Waals surface area contributed by atoms with Crippen LogP contribution in [0.3, 0.4) is 0 Å². The summed E-state index contributed by atoms with van der Waals surface area (Å²) < 4.78 is 0. The molecule has 1 aromatic carbocycles. The van der Waals surface area contributed by atoms with Gasteiger partial charge in [-0.15, -0.1) is 0 Å². The number of benzene rings is 1. The molecule has 1 saturated carbocycles. The molecular formula is C15H22N2. The van der Waals surface area contributed by atoms with E-state index in [4.69, 9.17) is 5.73 Å². The monoisotopic (exact) mass is 230 g/mol. The van der Waals surface area contributed by atoms with Gasteiger partial charge in [0.2, 0.25) is 0 Å². The zero-order chi connectivity index (χ0) is 11.8. The zero-order valence-electron chi connectivity index (χ0n) is 10.7. The van der Waals surface area contributed by atoms with Crippen molar-refractivity contribution in [3.63, 3.8) is 0 Å². The standard InChI is InChI=1S/C15H22N2/c1-11(10-16)12-5-6-15-13(9-12)7-8-17(15)14-3-2-4-14/h5-6,9,11,14H,2-4,7-8,10,16H2,1H3. The predicted molar refractivity (Wildman–Crippen MR) is 72.6 cm³/mol. The largest absolute Gasteiger partial charge is 0.368 e. The van der Waals surface area contributed by atoms with Crippen molar-refractivity contribution in [3.8, 4) is 0 Å². The van der Waals surface area contributed by atoms with Gasteiger partial charge in [-0.1, -0.05) is 19.1 Å². The minimum atomic E-state index is 0.484. The van der Waals surface area contributed by atoms with Crippen molar-refractivity contribution in [2.24, 2.45) is 5.73 Å². The van der Waals surface area contributed by atoms with Crippen LogP contribution in [0.15, 0.2) is 18.2 Å². The van der Waals surface area contributed by atoms with E-state index >= 15 is 0 Å². The summed E-state index contributed by atoms with van der Waals surface area (Å²) in [5.41, 5.74) is 10.2. The van der Waals surface area contributed by atoms with Gasteiger partial charge in [-0.3, -0.25) is 0 Å². The van der Waals surface area contributed by atoms with Gasteiger partial charge in [0.1, 0.15) is 0 Å². The Morgan fingerprint density at radius 3 is 2.88 bits per heavy atom. The molecule has 1 unspecified atom stereocenters. The normalized spacial score (nSPS) is 21.2. The summed E-state index contributed by atoms with van der Waals surface area (Å²) in [6.07, 6.45) is 5.41. The maximum atomic E-state index is 5.75. The van der Waals surface area contributed by atoms with Crippen LogP contribution in [0.25, 0.3) is 0 Å². The average Bonchev–Trinajstić information content (AvgIpc) is 2.69. The Balaban J connectivity index is 1.85. The Morgan fingerprint density at radius 2 is 2.24 bits per heavy atom. The highest BCUT2D eigenvalue weighted by Gasteiger charge is 2.30. The van der Waals surface area contributed by atoms with Crippen molar-refractivity contribution in [1.29, 1.82) is 0 Å². The fraction of sp³-hybridized carbons (Fsp3) is 0.600. The summed E-state index contributed by atoms with van der Waals surface area (Å²) in [6.45, 7) is 4.17. The van der Waals surface area contributed by atoms with Crippen LogP contribution >= 0.6 is 0 Å². The molecule has 1 aliphatic carbocycles. The molecule has 1 aliphatic heterocycles. The smallest absolute Gasteiger partial charge is 0.0402 e. The summed E-state index contributed by atoms with van der Waals surface area (Å²) in [5.74, 6) is 0.484. The lowest BCUT2D eigenvalue weighted by Crippen LogP contribution is -2.38. The molecule has 2 nitrogen and oxygen atoms in total. The van der Waals surface area contributed by atoms with E-state index in [1.165, 1.54) is 49.0 Å². The van der Waals surface area contributed by atoms with Crippen molar-refractivity contribution in [2.75, 3.05) is 18.0 Å². The highest BCUT2D eigenvalue weighted by molar-refractivity contribution is 5.60. The van der Waals surface area contributed by atoms with Gasteiger partial charge in [0.05, 0.1) is 0 Å². The number of rotatable bonds is 3. The van der Waals surface area contributed by atoms with Gasteiger partial charge < -0.3 is 10.6 Å². The molecule has 17 heavy (non-hydrogen) atoms. The first-order valence-electron chi connectivity index (χ1n) is 6.89. The van der Waals surface area contributed by atoms with E-state index in [1.54, 1.807) is 0 Å². The maximum Gasteiger partial charge on any atom is 0.0402 e. The van der Waals surface area contributed by atoms with Crippen LogP contribution in [-0.4, -0.2) is 19.1 Å². The van der Waals surface area contributed by atoms with Crippen LogP contribution in [0.2, 0.25) is 0 Å². The third-order valence-corrected chi connectivity index (χ3v) is 4.47. The summed E-state index contributed by atoms with van der Waals surface area (Å²) in [4.78, 5) is 2.62. The van der Waals surface area contributed by atoms with Crippen LogP contribution < -0.4 is 10.6 Å². The summed E-state index contributed by atoms with van der Waals surface area (Å²) in [7, 11) is 0. The lowest BCUT2D eigenvalue weighted by atomic mass is 9.91. The molecule has 1 heterocycles. The number of anilines is 1. The highest BCUT2D eigenvalue weighted by Crippen LogP contribution is 2.37. The minimum absolute atomic E-state index is 0.484. The molecule has 0 saturated heterocycles. The van der Waals surface area contributed by atoms with E-state index in [9.17, 15) is 0 Å². The third-order valence-electron chi connectivity index (χ3n) is 4.47. The summed E-state index contributed by atoms with van der Waals surface area (Å²) in [6, 6.07) is 7.80. The molecule has 0 amide bonds. The Morgan fingerprint density at radius 1 is 1.41 bits per heavy atom. The molecule has 0 spiro atoms. The maximum absolute atomic E-state index is 5.75. The Kier molecular flexibility index (Phi) is 2.83. The first kappa shape index (κ1) is 11.1. The van der Waals surface area contributed by atoms with Crippen LogP contribution in [0.4, 0.5) is 5.69 Å².